The molecule has 2 aliphatic heterocycles. The summed E-state index contributed by atoms with van der Waals surface area (Å²) in [5.74, 6) is 0.940. The number of anilines is 1. The number of nitrogens with zero attached hydrogens (tertiary/aromatic N) is 4. The van der Waals surface area contributed by atoms with E-state index in [0.29, 0.717) is 46.4 Å². The summed E-state index contributed by atoms with van der Waals surface area (Å²) < 4.78 is 14.1. The molecule has 2 aliphatic rings. The number of aryl methyl sites for hydroxylation is 1. The number of ether oxygens (including phenoxy) is 2. The van der Waals surface area contributed by atoms with Gasteiger partial charge in [-0.25, -0.2) is 4.98 Å². The maximum absolute atomic E-state index is 13.2. The van der Waals surface area contributed by atoms with Gasteiger partial charge in [-0.15, -0.1) is 11.3 Å². The van der Waals surface area contributed by atoms with Crippen molar-refractivity contribution in [1.82, 2.24) is 14.5 Å². The van der Waals surface area contributed by atoms with Gasteiger partial charge in [0.2, 0.25) is 11.7 Å². The molecule has 12 heteroatoms. The number of amides is 2. The molecule has 0 saturated carbocycles. The van der Waals surface area contributed by atoms with Gasteiger partial charge in [-0.2, -0.15) is 0 Å². The molecule has 238 valence electrons. The van der Waals surface area contributed by atoms with Crippen molar-refractivity contribution in [2.45, 2.75) is 51.5 Å². The first-order valence-electron chi connectivity index (χ1n) is 15.3. The van der Waals surface area contributed by atoms with Gasteiger partial charge in [-0.05, 0) is 67.8 Å². The molecule has 0 aliphatic carbocycles. The monoisotopic (exact) mass is 641 g/mol. The Morgan fingerprint density at radius 3 is 2.76 bits per heavy atom. The highest BCUT2D eigenvalue weighted by Crippen LogP contribution is 2.38. The van der Waals surface area contributed by atoms with Crippen LogP contribution in [-0.4, -0.2) is 70.3 Å². The van der Waals surface area contributed by atoms with Gasteiger partial charge in [-0.3, -0.25) is 24.2 Å². The van der Waals surface area contributed by atoms with Gasteiger partial charge in [0.25, 0.3) is 5.91 Å². The molecule has 2 amide bonds. The minimum Gasteiger partial charge on any atom is -0.493 e. The molecule has 1 saturated heterocycles. The minimum absolute atomic E-state index is 0.000334. The fourth-order valence-electron chi connectivity index (χ4n) is 5.83. The van der Waals surface area contributed by atoms with Crippen molar-refractivity contribution in [3.05, 3.63) is 64.4 Å². The second-order valence-electron chi connectivity index (χ2n) is 11.6. The summed E-state index contributed by atoms with van der Waals surface area (Å²) >= 11 is 1.43. The molecule has 46 heavy (non-hydrogen) atoms. The molecule has 0 unspecified atom stereocenters. The van der Waals surface area contributed by atoms with Crippen LogP contribution < -0.4 is 14.8 Å². The predicted molar refractivity (Wildman–Crippen MR) is 176 cm³/mol. The smallest absolute Gasteiger partial charge is 0.256 e. The van der Waals surface area contributed by atoms with Crippen molar-refractivity contribution in [1.29, 1.82) is 0 Å². The number of imidazole rings is 1. The number of piperidine rings is 1. The van der Waals surface area contributed by atoms with Crippen molar-refractivity contribution >= 4 is 62.5 Å². The molecule has 1 N–H and O–H groups in total. The Labute approximate surface area is 270 Å². The Kier molecular flexibility index (Phi) is 8.98. The molecule has 2 aromatic carbocycles. The molecule has 1 fully saturated rings. The summed E-state index contributed by atoms with van der Waals surface area (Å²) in [6, 6.07) is 11.0. The van der Waals surface area contributed by atoms with Gasteiger partial charge in [0.1, 0.15) is 0 Å². The number of ketones is 2. The molecule has 0 bridgehead atoms. The van der Waals surface area contributed by atoms with Crippen LogP contribution in [0.25, 0.3) is 10.1 Å². The maximum atomic E-state index is 13.2. The van der Waals surface area contributed by atoms with E-state index in [-0.39, 0.29) is 54.7 Å². The normalized spacial score (nSPS) is 15.7. The van der Waals surface area contributed by atoms with E-state index in [1.54, 1.807) is 29.9 Å². The number of carbonyl (C=O) groups is 4. The largest absolute Gasteiger partial charge is 0.493 e. The first-order valence-corrected chi connectivity index (χ1v) is 16.1. The van der Waals surface area contributed by atoms with Crippen LogP contribution in [0.5, 0.6) is 11.5 Å². The molecule has 6 rings (SSSR count). The van der Waals surface area contributed by atoms with Crippen LogP contribution in [0.15, 0.2) is 47.6 Å². The van der Waals surface area contributed by atoms with Crippen molar-refractivity contribution < 1.29 is 28.7 Å². The summed E-state index contributed by atoms with van der Waals surface area (Å²) in [5.41, 5.74) is 1.85. The SMILES string of the molecule is COc1cc2c(cc1OCCCC(=O)Nc1cn(C)c(C(=O)Cc3ccc4sc(C(C)=O)cc4c3)n1)N=C[C@@H]1CCCCN1C2=O. The van der Waals surface area contributed by atoms with Crippen LogP contribution in [0.1, 0.15) is 75.2 Å². The second-order valence-corrected chi connectivity index (χ2v) is 12.6. The predicted octanol–water partition coefficient (Wildman–Crippen LogP) is 5.78. The number of thiophene rings is 1. The number of nitrogens with one attached hydrogen (secondary N) is 1. The van der Waals surface area contributed by atoms with E-state index < -0.39 is 0 Å². The number of benzene rings is 2. The lowest BCUT2D eigenvalue weighted by atomic mass is 10.0. The first-order chi connectivity index (χ1) is 22.2. The number of methoxy groups -OCH3 is 1. The third-order valence-corrected chi connectivity index (χ3v) is 9.42. The zero-order valence-electron chi connectivity index (χ0n) is 26.0. The summed E-state index contributed by atoms with van der Waals surface area (Å²) in [4.78, 5) is 62.2. The van der Waals surface area contributed by atoms with Crippen molar-refractivity contribution in [2.75, 3.05) is 25.6 Å². The van der Waals surface area contributed by atoms with E-state index in [9.17, 15) is 19.2 Å². The fourth-order valence-corrected chi connectivity index (χ4v) is 6.77. The van der Waals surface area contributed by atoms with Crippen molar-refractivity contribution in [3.63, 3.8) is 0 Å². The van der Waals surface area contributed by atoms with E-state index in [1.807, 2.05) is 35.4 Å². The van der Waals surface area contributed by atoms with Gasteiger partial charge in [0.05, 0.1) is 35.9 Å². The third-order valence-electron chi connectivity index (χ3n) is 8.20. The summed E-state index contributed by atoms with van der Waals surface area (Å²) in [7, 11) is 3.23. The molecular weight excluding hydrogens is 606 g/mol. The number of rotatable bonds is 11. The summed E-state index contributed by atoms with van der Waals surface area (Å²) in [6.07, 6.45) is 7.13. The maximum Gasteiger partial charge on any atom is 0.256 e. The zero-order valence-corrected chi connectivity index (χ0v) is 26.8. The first kappa shape index (κ1) is 31.2. The number of aromatic nitrogens is 2. The highest BCUT2D eigenvalue weighted by atomic mass is 32.1. The topological polar surface area (TPSA) is 132 Å². The fraction of sp³-hybridized carbons (Fsp3) is 0.353. The van der Waals surface area contributed by atoms with Gasteiger partial charge >= 0.3 is 0 Å². The number of aliphatic imine (C=N–C) groups is 1. The number of hydrogen-bond donors (Lipinski definition) is 1. The van der Waals surface area contributed by atoms with E-state index >= 15 is 0 Å². The summed E-state index contributed by atoms with van der Waals surface area (Å²) in [5, 5.41) is 3.69. The zero-order chi connectivity index (χ0) is 32.4. The standard InChI is InChI=1S/C34H35N5O6S/c1-20(40)30-15-22-13-21(9-10-29(22)46-30)14-26(41)33-37-31(19-38(33)2)36-32(42)8-6-12-45-28-17-25-24(16-27(28)44-3)34(43)39-11-5-4-7-23(39)18-35-25/h9-10,13,15-19,23H,4-8,11-12,14H2,1-3H3,(H,36,42)/t23-/m0/s1. The van der Waals surface area contributed by atoms with Gasteiger partial charge in [0, 0.05) is 49.6 Å². The highest BCUT2D eigenvalue weighted by Gasteiger charge is 2.31. The lowest BCUT2D eigenvalue weighted by Gasteiger charge is -2.32. The number of fused-ring (bicyclic) bond motifs is 3. The van der Waals surface area contributed by atoms with Crippen LogP contribution in [0, 0.1) is 0 Å². The Bertz CT molecular complexity index is 1870. The van der Waals surface area contributed by atoms with Crippen LogP contribution >= 0.6 is 11.3 Å². The molecule has 4 aromatic rings. The van der Waals surface area contributed by atoms with Crippen LogP contribution in [0.2, 0.25) is 0 Å². The molecule has 0 spiro atoms. The van der Waals surface area contributed by atoms with Crippen molar-refractivity contribution in [3.8, 4) is 11.5 Å². The van der Waals surface area contributed by atoms with Gasteiger partial charge in [0.15, 0.2) is 28.9 Å². The van der Waals surface area contributed by atoms with Crippen molar-refractivity contribution in [2.24, 2.45) is 12.0 Å². The third kappa shape index (κ3) is 6.57. The second kappa shape index (κ2) is 13.3. The van der Waals surface area contributed by atoms with E-state index in [4.69, 9.17) is 9.47 Å². The quantitative estimate of drug-likeness (QED) is 0.162. The Morgan fingerprint density at radius 2 is 1.96 bits per heavy atom. The number of Topliss-reactive ketones (excluding diaryl/α,β-unsaturated/α-hetero) is 2. The van der Waals surface area contributed by atoms with Gasteiger partial charge in [-0.1, -0.05) is 6.07 Å². The molecule has 4 heterocycles. The lowest BCUT2D eigenvalue weighted by Crippen LogP contribution is -2.43. The number of hydrogen-bond acceptors (Lipinski definition) is 9. The highest BCUT2D eigenvalue weighted by molar-refractivity contribution is 7.20. The molecular formula is C34H35N5O6S. The lowest BCUT2D eigenvalue weighted by molar-refractivity contribution is -0.116. The summed E-state index contributed by atoms with van der Waals surface area (Å²) in [6.45, 7) is 2.49. The van der Waals surface area contributed by atoms with Crippen LogP contribution in [-0.2, 0) is 18.3 Å². The molecule has 0 radical (unpaired) electrons. The molecule has 1 atom stereocenters. The van der Waals surface area contributed by atoms with E-state index in [0.717, 1.165) is 34.9 Å². The Hall–Kier alpha value is -4.84. The van der Waals surface area contributed by atoms with E-state index in [2.05, 4.69) is 15.3 Å². The van der Waals surface area contributed by atoms with E-state index in [1.165, 1.54) is 25.4 Å². The minimum atomic E-state index is -0.259. The van der Waals surface area contributed by atoms with Crippen LogP contribution in [0.4, 0.5) is 11.5 Å². The Morgan fingerprint density at radius 1 is 1.11 bits per heavy atom. The number of carbonyl (C=O) groups excluding carboxylic acids is 4. The average molecular weight is 642 g/mol. The average Bonchev–Trinajstić information content (AvgIpc) is 3.61. The van der Waals surface area contributed by atoms with Gasteiger partial charge < -0.3 is 24.3 Å². The van der Waals surface area contributed by atoms with Crippen LogP contribution in [0.3, 0.4) is 0 Å². The molecule has 11 nitrogen and oxygen atoms in total. The Balaban J connectivity index is 1.02. The molecule has 2 aromatic heterocycles.